The fourth-order valence-electron chi connectivity index (χ4n) is 1.87. The van der Waals surface area contributed by atoms with Crippen LogP contribution in [0.3, 0.4) is 0 Å². The lowest BCUT2D eigenvalue weighted by Gasteiger charge is -2.48. The van der Waals surface area contributed by atoms with Crippen LogP contribution < -0.4 is 4.72 Å². The molecule has 8 heteroatoms. The molecule has 1 unspecified atom stereocenters. The Bertz CT molecular complexity index is 523. The highest BCUT2D eigenvalue weighted by atomic mass is 32.2. The summed E-state index contributed by atoms with van der Waals surface area (Å²) in [5, 5.41) is 8.99. The molecule has 1 aromatic rings. The summed E-state index contributed by atoms with van der Waals surface area (Å²) in [6.07, 6.45) is 2.18. The molecule has 1 aliphatic heterocycles. The lowest BCUT2D eigenvalue weighted by Crippen LogP contribution is -2.69. The van der Waals surface area contributed by atoms with Crippen LogP contribution in [0.25, 0.3) is 0 Å². The minimum atomic E-state index is -1.33. The van der Waals surface area contributed by atoms with Gasteiger partial charge in [0.1, 0.15) is 5.54 Å². The number of amides is 1. The van der Waals surface area contributed by atoms with Gasteiger partial charge in [0, 0.05) is 12.4 Å². The van der Waals surface area contributed by atoms with E-state index < -0.39 is 27.4 Å². The van der Waals surface area contributed by atoms with Crippen LogP contribution in [0.15, 0.2) is 18.5 Å². The molecule has 0 radical (unpaired) electrons. The average Bonchev–Trinajstić information content (AvgIpc) is 2.32. The predicted octanol–water partition coefficient (Wildman–Crippen LogP) is 0.717. The molecule has 1 aromatic heterocycles. The van der Waals surface area contributed by atoms with Crippen LogP contribution in [0.5, 0.6) is 0 Å². The highest BCUT2D eigenvalue weighted by molar-refractivity contribution is 7.84. The molecule has 1 aliphatic rings. The maximum atomic E-state index is 12.3. The number of rotatable bonds is 3. The zero-order valence-electron chi connectivity index (χ0n) is 11.7. The monoisotopic (exact) mass is 298 g/mol. The molecule has 2 N–H and O–H groups in total. The van der Waals surface area contributed by atoms with Crippen LogP contribution >= 0.6 is 0 Å². The summed E-state index contributed by atoms with van der Waals surface area (Å²) in [7, 11) is -1.33. The lowest BCUT2D eigenvalue weighted by atomic mass is 9.90. The Morgan fingerprint density at radius 1 is 1.40 bits per heavy atom. The summed E-state index contributed by atoms with van der Waals surface area (Å²) in [5.74, 6) is 0.468. The minimum Gasteiger partial charge on any atom is -0.465 e. The second-order valence-corrected chi connectivity index (χ2v) is 7.74. The maximum absolute atomic E-state index is 12.3. The van der Waals surface area contributed by atoms with Crippen molar-refractivity contribution in [3.8, 4) is 0 Å². The van der Waals surface area contributed by atoms with Gasteiger partial charge in [-0.2, -0.15) is 0 Å². The molecule has 20 heavy (non-hydrogen) atoms. The number of likely N-dealkylation sites (tertiary alicyclic amines) is 1. The van der Waals surface area contributed by atoms with Crippen LogP contribution in [0.2, 0.25) is 0 Å². The molecule has 0 bridgehead atoms. The van der Waals surface area contributed by atoms with Crippen molar-refractivity contribution in [2.75, 3.05) is 13.1 Å². The number of aromatic nitrogens is 2. The third-order valence-electron chi connectivity index (χ3n) is 3.03. The summed E-state index contributed by atoms with van der Waals surface area (Å²) < 4.78 is 14.9. The number of hydrogen-bond acceptors (Lipinski definition) is 4. The molecule has 1 amide bonds. The van der Waals surface area contributed by atoms with Gasteiger partial charge in [-0.15, -0.1) is 0 Å². The number of carboxylic acid groups (broad SMARTS) is 1. The minimum absolute atomic E-state index is 0.189. The molecule has 0 spiro atoms. The third-order valence-corrected chi connectivity index (χ3v) is 4.72. The van der Waals surface area contributed by atoms with Crippen molar-refractivity contribution in [3.63, 3.8) is 0 Å². The van der Waals surface area contributed by atoms with Crippen LogP contribution in [-0.4, -0.2) is 48.1 Å². The van der Waals surface area contributed by atoms with Gasteiger partial charge in [0.05, 0.1) is 28.8 Å². The first-order valence-electron chi connectivity index (χ1n) is 6.20. The Morgan fingerprint density at radius 3 is 2.40 bits per heavy atom. The van der Waals surface area contributed by atoms with Crippen LogP contribution in [0.1, 0.15) is 26.6 Å². The van der Waals surface area contributed by atoms with Crippen LogP contribution in [0, 0.1) is 0 Å². The first kappa shape index (κ1) is 14.9. The molecule has 110 valence electrons. The first-order chi connectivity index (χ1) is 9.24. The van der Waals surface area contributed by atoms with Crippen LogP contribution in [0.4, 0.5) is 4.79 Å². The molecule has 0 aromatic carbocycles. The van der Waals surface area contributed by atoms with Gasteiger partial charge in [-0.3, -0.25) is 0 Å². The van der Waals surface area contributed by atoms with Crippen molar-refractivity contribution in [1.82, 2.24) is 19.6 Å². The van der Waals surface area contributed by atoms with Crippen molar-refractivity contribution in [2.45, 2.75) is 31.1 Å². The Kier molecular flexibility index (Phi) is 3.79. The lowest BCUT2D eigenvalue weighted by molar-refractivity contribution is 0.0495. The van der Waals surface area contributed by atoms with Gasteiger partial charge in [-0.1, -0.05) is 0 Å². The van der Waals surface area contributed by atoms with E-state index in [1.807, 2.05) is 20.8 Å². The predicted molar refractivity (Wildman–Crippen MR) is 74.3 cm³/mol. The summed E-state index contributed by atoms with van der Waals surface area (Å²) in [6, 6.07) is 1.69. The van der Waals surface area contributed by atoms with Gasteiger partial charge in [0.15, 0.2) is 5.82 Å². The molecule has 1 fully saturated rings. The van der Waals surface area contributed by atoms with Gasteiger partial charge in [0.2, 0.25) is 0 Å². The zero-order chi connectivity index (χ0) is 15.0. The number of nitrogens with one attached hydrogen (secondary N) is 1. The van der Waals surface area contributed by atoms with E-state index in [1.54, 1.807) is 18.5 Å². The van der Waals surface area contributed by atoms with E-state index in [1.165, 1.54) is 4.90 Å². The summed E-state index contributed by atoms with van der Waals surface area (Å²) in [5.41, 5.74) is -0.780. The van der Waals surface area contributed by atoms with E-state index in [0.717, 1.165) is 0 Å². The highest BCUT2D eigenvalue weighted by Gasteiger charge is 2.51. The molecular weight excluding hydrogens is 280 g/mol. The molecule has 2 heterocycles. The summed E-state index contributed by atoms with van der Waals surface area (Å²) in [6.45, 7) is 5.93. The van der Waals surface area contributed by atoms with Gasteiger partial charge < -0.3 is 10.0 Å². The maximum Gasteiger partial charge on any atom is 0.407 e. The first-order valence-corrected chi connectivity index (χ1v) is 7.35. The van der Waals surface area contributed by atoms with Crippen molar-refractivity contribution in [2.24, 2.45) is 0 Å². The summed E-state index contributed by atoms with van der Waals surface area (Å²) >= 11 is 0. The molecule has 1 saturated heterocycles. The van der Waals surface area contributed by atoms with Gasteiger partial charge in [-0.25, -0.2) is 23.7 Å². The van der Waals surface area contributed by atoms with Gasteiger partial charge >= 0.3 is 6.09 Å². The SMILES string of the molecule is CC(C)(C)S(=O)NC1(c2ncccn2)CN(C(=O)O)C1. The van der Waals surface area contributed by atoms with Gasteiger partial charge in [0.25, 0.3) is 0 Å². The zero-order valence-corrected chi connectivity index (χ0v) is 12.5. The van der Waals surface area contributed by atoms with Gasteiger partial charge in [-0.05, 0) is 26.8 Å². The smallest absolute Gasteiger partial charge is 0.407 e. The molecule has 0 saturated carbocycles. The van der Waals surface area contributed by atoms with Crippen LogP contribution in [-0.2, 0) is 16.5 Å². The average molecular weight is 298 g/mol. The molecule has 2 rings (SSSR count). The van der Waals surface area contributed by atoms with E-state index in [9.17, 15) is 9.00 Å². The number of nitrogens with zero attached hydrogens (tertiary/aromatic N) is 3. The normalized spacial score (nSPS) is 19.2. The van der Waals surface area contributed by atoms with E-state index >= 15 is 0 Å². The topological polar surface area (TPSA) is 95.4 Å². The highest BCUT2D eigenvalue weighted by Crippen LogP contribution is 2.31. The van der Waals surface area contributed by atoms with E-state index in [-0.39, 0.29) is 13.1 Å². The Hall–Kier alpha value is -1.54. The van der Waals surface area contributed by atoms with Crippen molar-refractivity contribution in [1.29, 1.82) is 0 Å². The van der Waals surface area contributed by atoms with Crippen molar-refractivity contribution >= 4 is 17.1 Å². The largest absolute Gasteiger partial charge is 0.465 e. The second kappa shape index (κ2) is 5.10. The van der Waals surface area contributed by atoms with Crippen molar-refractivity contribution in [3.05, 3.63) is 24.3 Å². The summed E-state index contributed by atoms with van der Waals surface area (Å²) in [4.78, 5) is 20.6. The molecule has 1 atom stereocenters. The standard InChI is InChI=1S/C12H18N4O3S/c1-11(2,3)20(19)15-12(7-16(8-12)10(17)18)9-13-5-4-6-14-9/h4-6,15H,7-8H2,1-3H3,(H,17,18). The number of hydrogen-bond donors (Lipinski definition) is 2. The quantitative estimate of drug-likeness (QED) is 0.857. The Labute approximate surface area is 120 Å². The third kappa shape index (κ3) is 2.80. The second-order valence-electron chi connectivity index (χ2n) is 5.78. The molecule has 7 nitrogen and oxygen atoms in total. The fraction of sp³-hybridized carbons (Fsp3) is 0.583. The van der Waals surface area contributed by atoms with E-state index in [2.05, 4.69) is 14.7 Å². The van der Waals surface area contributed by atoms with E-state index in [4.69, 9.17) is 5.11 Å². The molecule has 0 aliphatic carbocycles. The fourth-order valence-corrected chi connectivity index (χ4v) is 2.75. The molecular formula is C12H18N4O3S. The van der Waals surface area contributed by atoms with E-state index in [0.29, 0.717) is 5.82 Å². The van der Waals surface area contributed by atoms with Crippen molar-refractivity contribution < 1.29 is 14.1 Å². The Morgan fingerprint density at radius 2 is 1.95 bits per heavy atom. The Balaban J connectivity index is 2.24. The number of carbonyl (C=O) groups is 1.